The lowest BCUT2D eigenvalue weighted by Gasteiger charge is -2.27. The Hall–Kier alpha value is -1.87. The Kier molecular flexibility index (Phi) is 4.74. The first kappa shape index (κ1) is 15.0. The zero-order valence-electron chi connectivity index (χ0n) is 13.5. The standard InChI is InChI=1S/C19H25N3/c1-15(2)14-22-13-7-11-18(22)17-10-6-12-20-19(17)21-16-8-4-3-5-9-16/h3-6,8-10,12,15,18H,7,11,13-14H2,1-2H3,(H,20,21). The summed E-state index contributed by atoms with van der Waals surface area (Å²) in [5.41, 5.74) is 2.42. The number of likely N-dealkylation sites (tertiary alicyclic amines) is 1. The van der Waals surface area contributed by atoms with Gasteiger partial charge in [-0.2, -0.15) is 0 Å². The number of nitrogens with one attached hydrogen (secondary N) is 1. The molecule has 1 aliphatic heterocycles. The Labute approximate surface area is 133 Å². The zero-order valence-corrected chi connectivity index (χ0v) is 13.5. The van der Waals surface area contributed by atoms with E-state index in [0.29, 0.717) is 12.0 Å². The van der Waals surface area contributed by atoms with Crippen LogP contribution in [0.25, 0.3) is 0 Å². The molecule has 0 spiro atoms. The summed E-state index contributed by atoms with van der Waals surface area (Å²) in [5.74, 6) is 1.69. The Bertz CT molecular complexity index is 595. The van der Waals surface area contributed by atoms with E-state index in [1.165, 1.54) is 24.9 Å². The fourth-order valence-electron chi connectivity index (χ4n) is 3.32. The topological polar surface area (TPSA) is 28.2 Å². The third-order valence-corrected chi connectivity index (χ3v) is 4.20. The van der Waals surface area contributed by atoms with Crippen molar-refractivity contribution in [3.63, 3.8) is 0 Å². The molecule has 2 heterocycles. The van der Waals surface area contributed by atoms with E-state index >= 15 is 0 Å². The fourth-order valence-corrected chi connectivity index (χ4v) is 3.32. The SMILES string of the molecule is CC(C)CN1CCCC1c1cccnc1Nc1ccccc1. The summed E-state index contributed by atoms with van der Waals surface area (Å²) in [6.45, 7) is 6.94. The van der Waals surface area contributed by atoms with Crippen molar-refractivity contribution in [3.8, 4) is 0 Å². The van der Waals surface area contributed by atoms with Crippen LogP contribution in [0, 0.1) is 5.92 Å². The summed E-state index contributed by atoms with van der Waals surface area (Å²) < 4.78 is 0. The molecule has 2 aromatic rings. The third-order valence-electron chi connectivity index (χ3n) is 4.20. The van der Waals surface area contributed by atoms with Crippen molar-refractivity contribution in [2.45, 2.75) is 32.7 Å². The van der Waals surface area contributed by atoms with Crippen molar-refractivity contribution >= 4 is 11.5 Å². The van der Waals surface area contributed by atoms with Crippen LogP contribution in [0.15, 0.2) is 48.7 Å². The van der Waals surface area contributed by atoms with Crippen molar-refractivity contribution in [3.05, 3.63) is 54.2 Å². The summed E-state index contributed by atoms with van der Waals surface area (Å²) >= 11 is 0. The number of pyridine rings is 1. The molecule has 1 aromatic heterocycles. The van der Waals surface area contributed by atoms with Gasteiger partial charge in [-0.25, -0.2) is 4.98 Å². The molecular formula is C19H25N3. The van der Waals surface area contributed by atoms with E-state index in [4.69, 9.17) is 0 Å². The molecule has 1 saturated heterocycles. The molecule has 1 unspecified atom stereocenters. The van der Waals surface area contributed by atoms with Gasteiger partial charge in [0.15, 0.2) is 0 Å². The van der Waals surface area contributed by atoms with Crippen LogP contribution in [0.5, 0.6) is 0 Å². The summed E-state index contributed by atoms with van der Waals surface area (Å²) in [6, 6.07) is 15.1. The molecule has 116 valence electrons. The van der Waals surface area contributed by atoms with Crippen molar-refractivity contribution in [2.24, 2.45) is 5.92 Å². The molecule has 1 aliphatic rings. The van der Waals surface area contributed by atoms with Crippen LogP contribution in [-0.4, -0.2) is 23.0 Å². The molecule has 3 heteroatoms. The van der Waals surface area contributed by atoms with Crippen molar-refractivity contribution < 1.29 is 0 Å². The molecule has 22 heavy (non-hydrogen) atoms. The molecule has 1 atom stereocenters. The van der Waals surface area contributed by atoms with Crippen LogP contribution in [-0.2, 0) is 0 Å². The minimum Gasteiger partial charge on any atom is -0.340 e. The van der Waals surface area contributed by atoms with Gasteiger partial charge in [-0.1, -0.05) is 38.1 Å². The predicted octanol–water partition coefficient (Wildman–Crippen LogP) is 4.62. The maximum Gasteiger partial charge on any atom is 0.135 e. The Balaban J connectivity index is 1.84. The zero-order chi connectivity index (χ0) is 15.4. The first-order valence-electron chi connectivity index (χ1n) is 8.25. The summed E-state index contributed by atoms with van der Waals surface area (Å²) in [6.07, 6.45) is 4.37. The van der Waals surface area contributed by atoms with E-state index in [0.717, 1.165) is 18.1 Å². The number of hydrogen-bond donors (Lipinski definition) is 1. The smallest absolute Gasteiger partial charge is 0.135 e. The summed E-state index contributed by atoms with van der Waals surface area (Å²) in [5, 5.41) is 3.49. The second kappa shape index (κ2) is 6.93. The Morgan fingerprint density at radius 3 is 2.77 bits per heavy atom. The molecule has 0 saturated carbocycles. The van der Waals surface area contributed by atoms with Gasteiger partial charge in [0.05, 0.1) is 0 Å². The number of benzene rings is 1. The number of para-hydroxylation sites is 1. The lowest BCUT2D eigenvalue weighted by molar-refractivity contribution is 0.229. The van der Waals surface area contributed by atoms with E-state index in [2.05, 4.69) is 53.3 Å². The number of rotatable bonds is 5. The minimum atomic E-state index is 0.488. The fraction of sp³-hybridized carbons (Fsp3) is 0.421. The van der Waals surface area contributed by atoms with Gasteiger partial charge < -0.3 is 5.32 Å². The molecular weight excluding hydrogens is 270 g/mol. The highest BCUT2D eigenvalue weighted by Gasteiger charge is 2.28. The van der Waals surface area contributed by atoms with E-state index in [9.17, 15) is 0 Å². The molecule has 3 nitrogen and oxygen atoms in total. The van der Waals surface area contributed by atoms with Crippen molar-refractivity contribution in [1.29, 1.82) is 0 Å². The van der Waals surface area contributed by atoms with Crippen molar-refractivity contribution in [1.82, 2.24) is 9.88 Å². The molecule has 1 fully saturated rings. The normalized spacial score (nSPS) is 18.8. The molecule has 0 bridgehead atoms. The Morgan fingerprint density at radius 2 is 2.00 bits per heavy atom. The largest absolute Gasteiger partial charge is 0.340 e. The van der Waals surface area contributed by atoms with Crippen molar-refractivity contribution in [2.75, 3.05) is 18.4 Å². The van der Waals surface area contributed by atoms with Gasteiger partial charge >= 0.3 is 0 Å². The van der Waals surface area contributed by atoms with Gasteiger partial charge in [0.25, 0.3) is 0 Å². The maximum atomic E-state index is 4.59. The van der Waals surface area contributed by atoms with Crippen LogP contribution in [0.1, 0.15) is 38.3 Å². The van der Waals surface area contributed by atoms with Crippen LogP contribution >= 0.6 is 0 Å². The average Bonchev–Trinajstić information content (AvgIpc) is 2.96. The maximum absolute atomic E-state index is 4.59. The first-order valence-corrected chi connectivity index (χ1v) is 8.25. The second-order valence-electron chi connectivity index (χ2n) is 6.48. The second-order valence-corrected chi connectivity index (χ2v) is 6.48. The van der Waals surface area contributed by atoms with Crippen LogP contribution < -0.4 is 5.32 Å². The van der Waals surface area contributed by atoms with Gasteiger partial charge in [-0.15, -0.1) is 0 Å². The number of nitrogens with zero attached hydrogens (tertiary/aromatic N) is 2. The van der Waals surface area contributed by atoms with Gasteiger partial charge in [0, 0.05) is 30.0 Å². The highest BCUT2D eigenvalue weighted by atomic mass is 15.2. The van der Waals surface area contributed by atoms with Gasteiger partial charge in [0.1, 0.15) is 5.82 Å². The lowest BCUT2D eigenvalue weighted by Crippen LogP contribution is -2.27. The van der Waals surface area contributed by atoms with E-state index in [1.54, 1.807) is 0 Å². The average molecular weight is 295 g/mol. The third kappa shape index (κ3) is 3.47. The predicted molar refractivity (Wildman–Crippen MR) is 92.3 cm³/mol. The quantitative estimate of drug-likeness (QED) is 0.872. The molecule has 1 aromatic carbocycles. The summed E-state index contributed by atoms with van der Waals surface area (Å²) in [7, 11) is 0. The lowest BCUT2D eigenvalue weighted by atomic mass is 10.0. The Morgan fingerprint density at radius 1 is 1.18 bits per heavy atom. The number of aromatic nitrogens is 1. The molecule has 0 amide bonds. The van der Waals surface area contributed by atoms with E-state index in [1.807, 2.05) is 24.4 Å². The van der Waals surface area contributed by atoms with Crippen LogP contribution in [0.3, 0.4) is 0 Å². The highest BCUT2D eigenvalue weighted by molar-refractivity contribution is 5.59. The minimum absolute atomic E-state index is 0.488. The summed E-state index contributed by atoms with van der Waals surface area (Å²) in [4.78, 5) is 7.20. The highest BCUT2D eigenvalue weighted by Crippen LogP contribution is 2.36. The van der Waals surface area contributed by atoms with Crippen LogP contribution in [0.2, 0.25) is 0 Å². The first-order chi connectivity index (χ1) is 10.7. The van der Waals surface area contributed by atoms with Crippen LogP contribution in [0.4, 0.5) is 11.5 Å². The molecule has 1 N–H and O–H groups in total. The van der Waals surface area contributed by atoms with E-state index in [-0.39, 0.29) is 0 Å². The van der Waals surface area contributed by atoms with Gasteiger partial charge in [-0.3, -0.25) is 4.90 Å². The van der Waals surface area contributed by atoms with E-state index < -0.39 is 0 Å². The van der Waals surface area contributed by atoms with Gasteiger partial charge in [-0.05, 0) is 43.5 Å². The molecule has 0 radical (unpaired) electrons. The number of hydrogen-bond acceptors (Lipinski definition) is 3. The molecule has 3 rings (SSSR count). The number of anilines is 2. The van der Waals surface area contributed by atoms with Gasteiger partial charge in [0.2, 0.25) is 0 Å². The molecule has 0 aliphatic carbocycles. The monoisotopic (exact) mass is 295 g/mol.